The maximum atomic E-state index is 13.0. The number of ketones is 1. The van der Waals surface area contributed by atoms with Gasteiger partial charge in [-0.05, 0) is 74.3 Å². The van der Waals surface area contributed by atoms with Crippen molar-refractivity contribution < 1.29 is 9.53 Å². The number of benzene rings is 3. The maximum Gasteiger partial charge on any atom is 0.262 e. The van der Waals surface area contributed by atoms with Gasteiger partial charge in [-0.1, -0.05) is 54.6 Å². The topological polar surface area (TPSA) is 64.4 Å². The maximum absolute atomic E-state index is 13.0. The monoisotopic (exact) mass is 527 g/mol. The van der Waals surface area contributed by atoms with Crippen LogP contribution in [0.2, 0.25) is 0 Å². The first-order valence-electron chi connectivity index (χ1n) is 13.2. The Hall–Kier alpha value is -3.42. The van der Waals surface area contributed by atoms with Crippen LogP contribution in [0.25, 0.3) is 10.9 Å². The molecule has 1 aromatic heterocycles. The minimum Gasteiger partial charge on any atom is -0.492 e. The Labute approximate surface area is 227 Å². The average molecular weight is 528 g/mol. The van der Waals surface area contributed by atoms with Gasteiger partial charge in [0.05, 0.1) is 10.9 Å². The second-order valence-corrected chi connectivity index (χ2v) is 10.8. The summed E-state index contributed by atoms with van der Waals surface area (Å²) in [5.74, 6) is 1.42. The van der Waals surface area contributed by atoms with Crippen LogP contribution < -0.4 is 10.3 Å². The van der Waals surface area contributed by atoms with Gasteiger partial charge in [-0.2, -0.15) is 0 Å². The summed E-state index contributed by atoms with van der Waals surface area (Å²) in [6.07, 6.45) is 3.89. The van der Waals surface area contributed by atoms with Crippen LogP contribution in [0.15, 0.2) is 76.7 Å². The highest BCUT2D eigenvalue weighted by Crippen LogP contribution is 2.23. The Morgan fingerprint density at radius 2 is 1.63 bits per heavy atom. The van der Waals surface area contributed by atoms with Crippen LogP contribution in [-0.2, 0) is 12.8 Å². The number of aryl methyl sites for hydroxylation is 1. The Morgan fingerprint density at radius 1 is 0.947 bits per heavy atom. The molecule has 3 aromatic carbocycles. The molecule has 2 heterocycles. The molecule has 0 aliphatic carbocycles. The number of ether oxygens (including phenoxy) is 1. The first-order chi connectivity index (χ1) is 18.5. The summed E-state index contributed by atoms with van der Waals surface area (Å²) in [6.45, 7) is 5.86. The van der Waals surface area contributed by atoms with Gasteiger partial charge in [-0.15, -0.1) is 0 Å². The van der Waals surface area contributed by atoms with Crippen molar-refractivity contribution in [2.24, 2.45) is 7.05 Å². The second kappa shape index (κ2) is 12.0. The Morgan fingerprint density at radius 3 is 2.34 bits per heavy atom. The fraction of sp³-hybridized carbons (Fsp3) is 0.323. The number of aromatic nitrogens is 2. The van der Waals surface area contributed by atoms with E-state index in [2.05, 4.69) is 4.90 Å². The molecule has 0 radical (unpaired) electrons. The van der Waals surface area contributed by atoms with Crippen LogP contribution in [0.3, 0.4) is 0 Å². The molecular weight excluding hydrogens is 494 g/mol. The minimum atomic E-state index is -0.0324. The van der Waals surface area contributed by atoms with Gasteiger partial charge in [0, 0.05) is 30.5 Å². The average Bonchev–Trinajstić information content (AvgIpc) is 2.95. The molecule has 7 heteroatoms. The SMILES string of the molecule is Cc1cccc2nc(SCc3ccc(C(=O)c4ccc(OCCN5CCCCC5)cc4)cc3)n(C)c(=O)c12. The van der Waals surface area contributed by atoms with Gasteiger partial charge in [-0.3, -0.25) is 19.1 Å². The fourth-order valence-corrected chi connectivity index (χ4v) is 5.76. The third-order valence-corrected chi connectivity index (χ3v) is 8.20. The highest BCUT2D eigenvalue weighted by atomic mass is 32.2. The molecule has 1 saturated heterocycles. The number of hydrogen-bond donors (Lipinski definition) is 0. The minimum absolute atomic E-state index is 0.0157. The smallest absolute Gasteiger partial charge is 0.262 e. The second-order valence-electron chi connectivity index (χ2n) is 9.82. The van der Waals surface area contributed by atoms with Gasteiger partial charge in [0.2, 0.25) is 0 Å². The van der Waals surface area contributed by atoms with E-state index in [0.717, 1.165) is 42.0 Å². The van der Waals surface area contributed by atoms with E-state index in [1.54, 1.807) is 11.6 Å². The predicted octanol–water partition coefficient (Wildman–Crippen LogP) is 5.63. The van der Waals surface area contributed by atoms with Crippen LogP contribution in [0, 0.1) is 6.92 Å². The number of fused-ring (bicyclic) bond motifs is 1. The lowest BCUT2D eigenvalue weighted by Crippen LogP contribution is -2.33. The predicted molar refractivity (Wildman–Crippen MR) is 153 cm³/mol. The third-order valence-electron chi connectivity index (χ3n) is 7.10. The zero-order valence-electron chi connectivity index (χ0n) is 22.0. The number of piperidine rings is 1. The van der Waals surface area contributed by atoms with E-state index >= 15 is 0 Å². The van der Waals surface area contributed by atoms with Gasteiger partial charge < -0.3 is 4.74 Å². The summed E-state index contributed by atoms with van der Waals surface area (Å²) in [4.78, 5) is 33.0. The van der Waals surface area contributed by atoms with Crippen molar-refractivity contribution in [3.63, 3.8) is 0 Å². The molecule has 38 heavy (non-hydrogen) atoms. The van der Waals surface area contributed by atoms with Crippen LogP contribution in [0.1, 0.15) is 46.3 Å². The standard InChI is InChI=1S/C31H33N3O3S/c1-22-7-6-8-27-28(22)30(36)33(2)31(32-27)38-21-23-9-11-24(12-10-23)29(35)25-13-15-26(16-14-25)37-20-19-34-17-4-3-5-18-34/h6-16H,3-5,17-21H2,1-2H3. The van der Waals surface area contributed by atoms with Crippen molar-refractivity contribution in [3.8, 4) is 5.75 Å². The summed E-state index contributed by atoms with van der Waals surface area (Å²) in [5, 5.41) is 1.34. The Balaban J connectivity index is 1.17. The van der Waals surface area contributed by atoms with Gasteiger partial charge in [0.1, 0.15) is 12.4 Å². The normalized spacial score (nSPS) is 14.1. The number of likely N-dealkylation sites (tertiary alicyclic amines) is 1. The molecule has 0 amide bonds. The highest BCUT2D eigenvalue weighted by molar-refractivity contribution is 7.98. The number of rotatable bonds is 9. The summed E-state index contributed by atoms with van der Waals surface area (Å²) in [5.41, 5.74) is 3.96. The van der Waals surface area contributed by atoms with Gasteiger partial charge in [0.25, 0.3) is 5.56 Å². The molecule has 0 spiro atoms. The summed E-state index contributed by atoms with van der Waals surface area (Å²) in [7, 11) is 1.76. The van der Waals surface area contributed by atoms with Crippen molar-refractivity contribution >= 4 is 28.4 Å². The van der Waals surface area contributed by atoms with Crippen LogP contribution in [-0.4, -0.2) is 46.5 Å². The number of hydrogen-bond acceptors (Lipinski definition) is 6. The van der Waals surface area contributed by atoms with E-state index in [-0.39, 0.29) is 11.3 Å². The first-order valence-corrected chi connectivity index (χ1v) is 14.2. The number of carbonyl (C=O) groups is 1. The van der Waals surface area contributed by atoms with Crippen molar-refractivity contribution in [1.29, 1.82) is 0 Å². The van der Waals surface area contributed by atoms with E-state index < -0.39 is 0 Å². The molecular formula is C31H33N3O3S. The summed E-state index contributed by atoms with van der Waals surface area (Å²) < 4.78 is 7.50. The van der Waals surface area contributed by atoms with E-state index in [1.807, 2.05) is 73.7 Å². The first kappa shape index (κ1) is 26.2. The molecule has 0 N–H and O–H groups in total. The van der Waals surface area contributed by atoms with Gasteiger partial charge >= 0.3 is 0 Å². The lowest BCUT2D eigenvalue weighted by atomic mass is 10.0. The molecule has 196 valence electrons. The van der Waals surface area contributed by atoms with E-state index in [1.165, 1.54) is 31.0 Å². The van der Waals surface area contributed by atoms with Gasteiger partial charge in [-0.25, -0.2) is 4.98 Å². The zero-order chi connectivity index (χ0) is 26.5. The van der Waals surface area contributed by atoms with Crippen LogP contribution in [0.4, 0.5) is 0 Å². The van der Waals surface area contributed by atoms with E-state index in [9.17, 15) is 9.59 Å². The molecule has 1 fully saturated rings. The Bertz CT molecular complexity index is 1470. The molecule has 4 aromatic rings. The van der Waals surface area contributed by atoms with Crippen molar-refractivity contribution in [2.75, 3.05) is 26.2 Å². The Kier molecular flexibility index (Phi) is 8.25. The largest absolute Gasteiger partial charge is 0.492 e. The number of carbonyl (C=O) groups excluding carboxylic acids is 1. The molecule has 0 saturated carbocycles. The molecule has 1 aliphatic heterocycles. The zero-order valence-corrected chi connectivity index (χ0v) is 22.8. The molecule has 0 bridgehead atoms. The molecule has 0 atom stereocenters. The van der Waals surface area contributed by atoms with Crippen LogP contribution in [0.5, 0.6) is 5.75 Å². The van der Waals surface area contributed by atoms with Crippen molar-refractivity contribution in [2.45, 2.75) is 37.1 Å². The van der Waals surface area contributed by atoms with E-state index in [0.29, 0.717) is 34.0 Å². The quantitative estimate of drug-likeness (QED) is 0.160. The molecule has 5 rings (SSSR count). The molecule has 0 unspecified atom stereocenters. The molecule has 6 nitrogen and oxygen atoms in total. The van der Waals surface area contributed by atoms with Crippen molar-refractivity contribution in [1.82, 2.24) is 14.5 Å². The summed E-state index contributed by atoms with van der Waals surface area (Å²) in [6, 6.07) is 20.8. The highest BCUT2D eigenvalue weighted by Gasteiger charge is 2.13. The lowest BCUT2D eigenvalue weighted by molar-refractivity contribution is 0.103. The van der Waals surface area contributed by atoms with E-state index in [4.69, 9.17) is 9.72 Å². The molecule has 1 aliphatic rings. The lowest BCUT2D eigenvalue weighted by Gasteiger charge is -2.26. The van der Waals surface area contributed by atoms with Gasteiger partial charge in [0.15, 0.2) is 10.9 Å². The van der Waals surface area contributed by atoms with Crippen LogP contribution >= 0.6 is 11.8 Å². The number of thioether (sulfide) groups is 1. The number of nitrogens with zero attached hydrogens (tertiary/aromatic N) is 3. The fourth-order valence-electron chi connectivity index (χ4n) is 4.83. The third kappa shape index (κ3) is 6.00. The summed E-state index contributed by atoms with van der Waals surface area (Å²) >= 11 is 1.51. The van der Waals surface area contributed by atoms with Crippen molar-refractivity contribution in [3.05, 3.63) is 99.3 Å².